The predicted molar refractivity (Wildman–Crippen MR) is 119 cm³/mol. The van der Waals surface area contributed by atoms with Gasteiger partial charge in [0.2, 0.25) is 0 Å². The van der Waals surface area contributed by atoms with Crippen molar-refractivity contribution in [1.29, 1.82) is 0 Å². The SMILES string of the molecule is COc1cccc([C@H](NC(=O)NCCCc2nc3ccccc3[nH]2)c2nccn2C)c1. The largest absolute Gasteiger partial charge is 0.497 e. The molecule has 0 radical (unpaired) electrons. The quantitative estimate of drug-likeness (QED) is 0.383. The Kier molecular flexibility index (Phi) is 6.16. The predicted octanol–water partition coefficient (Wildman–Crippen LogP) is 3.33. The van der Waals surface area contributed by atoms with Crippen LogP contribution in [0.1, 0.15) is 29.7 Å². The number of carbonyl (C=O) groups is 1. The second kappa shape index (κ2) is 9.34. The molecule has 0 saturated heterocycles. The maximum absolute atomic E-state index is 12.6. The molecule has 0 bridgehead atoms. The molecule has 8 nitrogen and oxygen atoms in total. The van der Waals surface area contributed by atoms with Crippen LogP contribution in [0.25, 0.3) is 11.0 Å². The number of imidazole rings is 2. The normalized spacial score (nSPS) is 11.9. The molecule has 1 atom stereocenters. The summed E-state index contributed by atoms with van der Waals surface area (Å²) in [7, 11) is 3.53. The van der Waals surface area contributed by atoms with Gasteiger partial charge in [-0.05, 0) is 36.2 Å². The van der Waals surface area contributed by atoms with E-state index < -0.39 is 6.04 Å². The number of methoxy groups -OCH3 is 1. The molecule has 0 saturated carbocycles. The van der Waals surface area contributed by atoms with Crippen LogP contribution in [0.5, 0.6) is 5.75 Å². The van der Waals surface area contributed by atoms with Gasteiger partial charge in [0.1, 0.15) is 23.4 Å². The minimum atomic E-state index is -0.398. The van der Waals surface area contributed by atoms with Gasteiger partial charge in [-0.25, -0.2) is 14.8 Å². The third-order valence-electron chi connectivity index (χ3n) is 5.13. The Morgan fingerprint density at radius 3 is 2.87 bits per heavy atom. The number of amides is 2. The summed E-state index contributed by atoms with van der Waals surface area (Å²) in [5, 5.41) is 5.97. The van der Waals surface area contributed by atoms with Crippen LogP contribution >= 0.6 is 0 Å². The lowest BCUT2D eigenvalue weighted by atomic mass is 10.1. The Bertz CT molecular complexity index is 1130. The first-order valence-corrected chi connectivity index (χ1v) is 10.2. The Morgan fingerprint density at radius 2 is 2.10 bits per heavy atom. The summed E-state index contributed by atoms with van der Waals surface area (Å²) in [6.07, 6.45) is 5.11. The number of fused-ring (bicyclic) bond motifs is 1. The van der Waals surface area contributed by atoms with Crippen molar-refractivity contribution in [3.8, 4) is 5.75 Å². The second-order valence-electron chi connectivity index (χ2n) is 7.31. The van der Waals surface area contributed by atoms with E-state index in [2.05, 4.69) is 25.6 Å². The number of H-pyrrole nitrogens is 1. The third kappa shape index (κ3) is 4.85. The standard InChI is InChI=1S/C23H26N6O2/c1-29-14-13-24-22(29)21(16-7-5-8-17(15-16)31-2)28-23(30)25-12-6-11-20-26-18-9-3-4-10-19(18)27-20/h3-5,7-10,13-15,21H,6,11-12H2,1-2H3,(H,26,27)(H2,25,28,30)/t21-/m0/s1. The van der Waals surface area contributed by atoms with E-state index in [0.717, 1.165) is 46.8 Å². The van der Waals surface area contributed by atoms with Gasteiger partial charge < -0.3 is 24.9 Å². The zero-order valence-corrected chi connectivity index (χ0v) is 17.6. The molecular weight excluding hydrogens is 392 g/mol. The van der Waals surface area contributed by atoms with Crippen molar-refractivity contribution in [2.24, 2.45) is 7.05 Å². The molecule has 2 amide bonds. The van der Waals surface area contributed by atoms with E-state index in [0.29, 0.717) is 6.54 Å². The number of carbonyl (C=O) groups excluding carboxylic acids is 1. The summed E-state index contributed by atoms with van der Waals surface area (Å²) in [6.45, 7) is 0.536. The van der Waals surface area contributed by atoms with E-state index in [4.69, 9.17) is 4.74 Å². The molecular formula is C23H26N6O2. The highest BCUT2D eigenvalue weighted by molar-refractivity contribution is 5.75. The van der Waals surface area contributed by atoms with Gasteiger partial charge in [-0.1, -0.05) is 24.3 Å². The molecule has 0 aliphatic rings. The van der Waals surface area contributed by atoms with Crippen molar-refractivity contribution in [1.82, 2.24) is 30.2 Å². The van der Waals surface area contributed by atoms with Crippen LogP contribution < -0.4 is 15.4 Å². The molecule has 0 aliphatic carbocycles. The number of aromatic nitrogens is 4. The van der Waals surface area contributed by atoms with Crippen molar-refractivity contribution in [3.63, 3.8) is 0 Å². The number of rotatable bonds is 8. The third-order valence-corrected chi connectivity index (χ3v) is 5.13. The summed E-state index contributed by atoms with van der Waals surface area (Å²) in [6, 6.07) is 14.9. The first-order valence-electron chi connectivity index (χ1n) is 10.2. The van der Waals surface area contributed by atoms with Crippen molar-refractivity contribution in [2.75, 3.05) is 13.7 Å². The van der Waals surface area contributed by atoms with Crippen LogP contribution in [0.2, 0.25) is 0 Å². The lowest BCUT2D eigenvalue weighted by Crippen LogP contribution is -2.39. The number of nitrogens with one attached hydrogen (secondary N) is 3. The number of hydrogen-bond acceptors (Lipinski definition) is 4. The van der Waals surface area contributed by atoms with E-state index in [1.165, 1.54) is 0 Å². The highest BCUT2D eigenvalue weighted by Crippen LogP contribution is 2.24. The molecule has 0 fully saturated rings. The van der Waals surface area contributed by atoms with Crippen molar-refractivity contribution < 1.29 is 9.53 Å². The average Bonchev–Trinajstić information content (AvgIpc) is 3.40. The van der Waals surface area contributed by atoms with Gasteiger partial charge in [-0.15, -0.1) is 0 Å². The molecule has 8 heteroatoms. The lowest BCUT2D eigenvalue weighted by molar-refractivity contribution is 0.238. The van der Waals surface area contributed by atoms with E-state index in [-0.39, 0.29) is 6.03 Å². The van der Waals surface area contributed by atoms with Gasteiger partial charge in [-0.2, -0.15) is 0 Å². The Hall–Kier alpha value is -3.81. The zero-order chi connectivity index (χ0) is 21.6. The van der Waals surface area contributed by atoms with Crippen LogP contribution in [0.3, 0.4) is 0 Å². The maximum atomic E-state index is 12.6. The molecule has 4 aromatic rings. The number of aryl methyl sites for hydroxylation is 2. The maximum Gasteiger partial charge on any atom is 0.315 e. The van der Waals surface area contributed by atoms with Crippen molar-refractivity contribution in [3.05, 3.63) is 78.1 Å². The number of ether oxygens (including phenoxy) is 1. The van der Waals surface area contributed by atoms with E-state index in [1.807, 2.05) is 66.3 Å². The molecule has 2 aromatic carbocycles. The molecule has 0 aliphatic heterocycles. The topological polar surface area (TPSA) is 96.9 Å². The number of nitrogens with zero attached hydrogens (tertiary/aromatic N) is 3. The number of benzene rings is 2. The van der Waals surface area contributed by atoms with Gasteiger partial charge in [-0.3, -0.25) is 0 Å². The minimum absolute atomic E-state index is 0.250. The molecule has 2 aromatic heterocycles. The fourth-order valence-electron chi connectivity index (χ4n) is 3.54. The lowest BCUT2D eigenvalue weighted by Gasteiger charge is -2.20. The number of urea groups is 1. The monoisotopic (exact) mass is 418 g/mol. The summed E-state index contributed by atoms with van der Waals surface area (Å²) in [5.41, 5.74) is 2.88. The van der Waals surface area contributed by atoms with Gasteiger partial charge >= 0.3 is 6.03 Å². The summed E-state index contributed by atoms with van der Waals surface area (Å²) in [5.74, 6) is 2.39. The molecule has 160 valence electrons. The summed E-state index contributed by atoms with van der Waals surface area (Å²) >= 11 is 0. The second-order valence-corrected chi connectivity index (χ2v) is 7.31. The summed E-state index contributed by atoms with van der Waals surface area (Å²) < 4.78 is 7.23. The van der Waals surface area contributed by atoms with E-state index in [9.17, 15) is 4.79 Å². The Balaban J connectivity index is 1.36. The van der Waals surface area contributed by atoms with E-state index >= 15 is 0 Å². The fourth-order valence-corrected chi connectivity index (χ4v) is 3.54. The van der Waals surface area contributed by atoms with Crippen molar-refractivity contribution in [2.45, 2.75) is 18.9 Å². The first-order chi connectivity index (χ1) is 15.1. The van der Waals surface area contributed by atoms with Crippen molar-refractivity contribution >= 4 is 17.1 Å². The van der Waals surface area contributed by atoms with Crippen LogP contribution in [0.15, 0.2) is 60.9 Å². The van der Waals surface area contributed by atoms with Gasteiger partial charge in [0.15, 0.2) is 0 Å². The Morgan fingerprint density at radius 1 is 1.23 bits per heavy atom. The van der Waals surface area contributed by atoms with Crippen LogP contribution in [0.4, 0.5) is 4.79 Å². The highest BCUT2D eigenvalue weighted by Gasteiger charge is 2.21. The number of aromatic amines is 1. The van der Waals surface area contributed by atoms with Crippen LogP contribution in [0, 0.1) is 0 Å². The molecule has 31 heavy (non-hydrogen) atoms. The first kappa shape index (κ1) is 20.5. The van der Waals surface area contributed by atoms with Gasteiger partial charge in [0.05, 0.1) is 18.1 Å². The molecule has 3 N–H and O–H groups in total. The Labute approximate surface area is 180 Å². The average molecular weight is 419 g/mol. The molecule has 0 spiro atoms. The highest BCUT2D eigenvalue weighted by atomic mass is 16.5. The minimum Gasteiger partial charge on any atom is -0.497 e. The zero-order valence-electron chi connectivity index (χ0n) is 17.6. The molecule has 0 unspecified atom stereocenters. The molecule has 4 rings (SSSR count). The van der Waals surface area contributed by atoms with Gasteiger partial charge in [0.25, 0.3) is 0 Å². The van der Waals surface area contributed by atoms with Crippen LogP contribution in [-0.2, 0) is 13.5 Å². The molecule has 2 heterocycles. The fraction of sp³-hybridized carbons (Fsp3) is 0.261. The number of para-hydroxylation sites is 2. The van der Waals surface area contributed by atoms with Crippen LogP contribution in [-0.4, -0.2) is 39.2 Å². The number of hydrogen-bond donors (Lipinski definition) is 3. The summed E-state index contributed by atoms with van der Waals surface area (Å²) in [4.78, 5) is 24.9. The van der Waals surface area contributed by atoms with E-state index in [1.54, 1.807) is 13.3 Å². The smallest absolute Gasteiger partial charge is 0.315 e. The van der Waals surface area contributed by atoms with Gasteiger partial charge in [0, 0.05) is 32.4 Å².